The van der Waals surface area contributed by atoms with Crippen LogP contribution in [-0.2, 0) is 39.2 Å². The van der Waals surface area contributed by atoms with Crippen LogP contribution in [0, 0.1) is 0 Å². The molecule has 1 atom stereocenters. The van der Waals surface area contributed by atoms with Gasteiger partial charge in [-0.05, 0) is 29.7 Å². The number of hydrogen-bond donors (Lipinski definition) is 1. The van der Waals surface area contributed by atoms with Crippen molar-refractivity contribution in [3.8, 4) is 0 Å². The van der Waals surface area contributed by atoms with E-state index >= 15 is 0 Å². The minimum Gasteiger partial charge on any atom is -0.350 e. The first-order chi connectivity index (χ1) is 16.7. The molecule has 0 saturated heterocycles. The Kier molecular flexibility index (Phi) is 9.11. The van der Waals surface area contributed by atoms with Crippen LogP contribution in [0.25, 0.3) is 0 Å². The van der Waals surface area contributed by atoms with Crippen LogP contribution in [-0.4, -0.2) is 53.3 Å². The molecule has 35 heavy (non-hydrogen) atoms. The topological polar surface area (TPSA) is 99.7 Å². The predicted molar refractivity (Wildman–Crippen MR) is 134 cm³/mol. The molecule has 3 aromatic rings. The lowest BCUT2D eigenvalue weighted by Crippen LogP contribution is -2.50. The smallest absolute Gasteiger partial charge is 0.242 e. The van der Waals surface area contributed by atoms with E-state index in [9.17, 15) is 18.0 Å². The van der Waals surface area contributed by atoms with Gasteiger partial charge in [-0.15, -0.1) is 0 Å². The van der Waals surface area contributed by atoms with Crippen LogP contribution in [0.3, 0.4) is 0 Å². The standard InChI is InChI=1S/C26H30N4O4S/c1-21(26(32)28-17-24-14-9-15-27-16-24)30(19-23-12-7-4-8-13-23)25(31)20-29(35(2,33)34)18-22-10-5-3-6-11-22/h3-16,21H,17-20H2,1-2H3,(H,28,32)/t21-/m1/s1. The van der Waals surface area contributed by atoms with Gasteiger partial charge in [-0.2, -0.15) is 4.31 Å². The lowest BCUT2D eigenvalue weighted by Gasteiger charge is -2.31. The first-order valence-corrected chi connectivity index (χ1v) is 13.1. The fraction of sp³-hybridized carbons (Fsp3) is 0.269. The average Bonchev–Trinajstić information content (AvgIpc) is 2.86. The molecule has 0 radical (unpaired) electrons. The van der Waals surface area contributed by atoms with Gasteiger partial charge in [-0.1, -0.05) is 66.7 Å². The number of sulfonamides is 1. The zero-order valence-corrected chi connectivity index (χ0v) is 20.7. The van der Waals surface area contributed by atoms with Crippen molar-refractivity contribution in [3.63, 3.8) is 0 Å². The summed E-state index contributed by atoms with van der Waals surface area (Å²) in [6, 6.07) is 21.2. The summed E-state index contributed by atoms with van der Waals surface area (Å²) in [6.45, 7) is 1.77. The molecule has 0 fully saturated rings. The van der Waals surface area contributed by atoms with Gasteiger partial charge in [0.2, 0.25) is 21.8 Å². The molecule has 0 spiro atoms. The highest BCUT2D eigenvalue weighted by molar-refractivity contribution is 7.88. The monoisotopic (exact) mass is 494 g/mol. The first-order valence-electron chi connectivity index (χ1n) is 11.2. The summed E-state index contributed by atoms with van der Waals surface area (Å²) >= 11 is 0. The van der Waals surface area contributed by atoms with Crippen molar-refractivity contribution in [1.29, 1.82) is 0 Å². The zero-order valence-electron chi connectivity index (χ0n) is 19.9. The molecule has 0 saturated carbocycles. The van der Waals surface area contributed by atoms with Crippen LogP contribution in [0.5, 0.6) is 0 Å². The molecule has 0 aliphatic heterocycles. The third kappa shape index (κ3) is 8.01. The lowest BCUT2D eigenvalue weighted by molar-refractivity contribution is -0.140. The molecule has 0 bridgehead atoms. The fourth-order valence-corrected chi connectivity index (χ4v) is 4.25. The maximum atomic E-state index is 13.4. The van der Waals surface area contributed by atoms with E-state index in [2.05, 4.69) is 10.3 Å². The molecule has 0 aliphatic rings. The van der Waals surface area contributed by atoms with Crippen LogP contribution < -0.4 is 5.32 Å². The van der Waals surface area contributed by atoms with Crippen LogP contribution >= 0.6 is 0 Å². The number of benzene rings is 2. The molecule has 0 unspecified atom stereocenters. The highest BCUT2D eigenvalue weighted by Gasteiger charge is 2.29. The molecule has 1 N–H and O–H groups in total. The van der Waals surface area contributed by atoms with Gasteiger partial charge in [0.25, 0.3) is 0 Å². The van der Waals surface area contributed by atoms with Gasteiger partial charge in [0.15, 0.2) is 0 Å². The Morgan fingerprint density at radius 1 is 0.886 bits per heavy atom. The predicted octanol–water partition coefficient (Wildman–Crippen LogP) is 2.58. The third-order valence-electron chi connectivity index (χ3n) is 5.53. The van der Waals surface area contributed by atoms with Gasteiger partial charge in [0.05, 0.1) is 12.8 Å². The number of amides is 2. The van der Waals surface area contributed by atoms with Crippen molar-refractivity contribution in [2.24, 2.45) is 0 Å². The summed E-state index contributed by atoms with van der Waals surface area (Å²) in [6.07, 6.45) is 4.39. The second-order valence-corrected chi connectivity index (χ2v) is 10.3. The summed E-state index contributed by atoms with van der Waals surface area (Å²) in [5, 5.41) is 2.84. The summed E-state index contributed by atoms with van der Waals surface area (Å²) in [7, 11) is -3.68. The maximum absolute atomic E-state index is 13.4. The minimum absolute atomic E-state index is 0.0617. The van der Waals surface area contributed by atoms with Crippen molar-refractivity contribution >= 4 is 21.8 Å². The van der Waals surface area contributed by atoms with Crippen LogP contribution in [0.15, 0.2) is 85.2 Å². The number of nitrogens with one attached hydrogen (secondary N) is 1. The van der Waals surface area contributed by atoms with E-state index in [1.54, 1.807) is 37.5 Å². The van der Waals surface area contributed by atoms with E-state index < -0.39 is 22.0 Å². The van der Waals surface area contributed by atoms with Crippen molar-refractivity contribution in [2.45, 2.75) is 32.6 Å². The van der Waals surface area contributed by atoms with Crippen LogP contribution in [0.2, 0.25) is 0 Å². The Morgan fingerprint density at radius 3 is 2.00 bits per heavy atom. The quantitative estimate of drug-likeness (QED) is 0.442. The SMILES string of the molecule is C[C@H](C(=O)NCc1cccnc1)N(Cc1ccccc1)C(=O)CN(Cc1ccccc1)S(C)(=O)=O. The number of carbonyl (C=O) groups excluding carboxylic acids is 2. The Morgan fingerprint density at radius 2 is 1.46 bits per heavy atom. The van der Waals surface area contributed by atoms with Gasteiger partial charge in [0.1, 0.15) is 6.04 Å². The van der Waals surface area contributed by atoms with Crippen molar-refractivity contribution in [1.82, 2.24) is 19.5 Å². The largest absolute Gasteiger partial charge is 0.350 e. The number of carbonyl (C=O) groups is 2. The highest BCUT2D eigenvalue weighted by Crippen LogP contribution is 2.14. The van der Waals surface area contributed by atoms with E-state index in [4.69, 9.17) is 0 Å². The van der Waals surface area contributed by atoms with Crippen molar-refractivity contribution in [3.05, 3.63) is 102 Å². The molecule has 1 aromatic heterocycles. The summed E-state index contributed by atoms with van der Waals surface area (Å²) < 4.78 is 26.1. The van der Waals surface area contributed by atoms with Gasteiger partial charge < -0.3 is 10.2 Å². The minimum atomic E-state index is -3.68. The Labute approximate surface area is 206 Å². The van der Waals surface area contributed by atoms with Crippen LogP contribution in [0.4, 0.5) is 0 Å². The number of nitrogens with zero attached hydrogens (tertiary/aromatic N) is 3. The zero-order chi connectivity index (χ0) is 25.3. The van der Waals surface area contributed by atoms with E-state index in [1.807, 2.05) is 54.6 Å². The Bertz CT molecular complexity index is 1210. The lowest BCUT2D eigenvalue weighted by atomic mass is 10.1. The Balaban J connectivity index is 1.78. The maximum Gasteiger partial charge on any atom is 0.242 e. The van der Waals surface area contributed by atoms with Gasteiger partial charge in [0, 0.05) is 32.0 Å². The number of hydrogen-bond acceptors (Lipinski definition) is 5. The number of rotatable bonds is 11. The molecule has 8 nitrogen and oxygen atoms in total. The summed E-state index contributed by atoms with van der Waals surface area (Å²) in [5.74, 6) is -0.800. The molecule has 3 rings (SSSR count). The first kappa shape index (κ1) is 26.1. The number of aromatic nitrogens is 1. The summed E-state index contributed by atoms with van der Waals surface area (Å²) in [4.78, 5) is 31.9. The number of pyridine rings is 1. The van der Waals surface area contributed by atoms with E-state index in [0.717, 1.165) is 27.3 Å². The van der Waals surface area contributed by atoms with Gasteiger partial charge >= 0.3 is 0 Å². The second-order valence-electron chi connectivity index (χ2n) is 8.28. The normalized spacial score (nSPS) is 12.2. The van der Waals surface area contributed by atoms with Gasteiger partial charge in [-0.3, -0.25) is 14.6 Å². The average molecular weight is 495 g/mol. The van der Waals surface area contributed by atoms with Crippen LogP contribution in [0.1, 0.15) is 23.6 Å². The van der Waals surface area contributed by atoms with E-state index in [1.165, 1.54) is 4.90 Å². The summed E-state index contributed by atoms with van der Waals surface area (Å²) in [5.41, 5.74) is 2.43. The molecular formula is C26H30N4O4S. The Hall–Kier alpha value is -3.56. The van der Waals surface area contributed by atoms with Gasteiger partial charge in [-0.25, -0.2) is 8.42 Å². The third-order valence-corrected chi connectivity index (χ3v) is 6.73. The van der Waals surface area contributed by atoms with E-state index in [0.29, 0.717) is 0 Å². The molecule has 1 heterocycles. The molecule has 2 aromatic carbocycles. The molecule has 9 heteroatoms. The second kappa shape index (κ2) is 12.2. The van der Waals surface area contributed by atoms with E-state index in [-0.39, 0.29) is 32.1 Å². The van der Waals surface area contributed by atoms with Crippen molar-refractivity contribution in [2.75, 3.05) is 12.8 Å². The molecule has 184 valence electrons. The van der Waals surface area contributed by atoms with Crippen molar-refractivity contribution < 1.29 is 18.0 Å². The molecular weight excluding hydrogens is 464 g/mol. The highest BCUT2D eigenvalue weighted by atomic mass is 32.2. The fourth-order valence-electron chi connectivity index (χ4n) is 3.52. The molecule has 0 aliphatic carbocycles. The molecule has 2 amide bonds.